The minimum absolute atomic E-state index is 0.0283. The minimum atomic E-state index is -4.02. The van der Waals surface area contributed by atoms with E-state index in [1.807, 2.05) is 80.6 Å². The molecule has 5 nitrogen and oxygen atoms in total. The molecular formula is C28H25ClN2O3S. The zero-order chi connectivity index (χ0) is 25.0. The van der Waals surface area contributed by atoms with Gasteiger partial charge in [-0.3, -0.25) is 9.52 Å². The molecule has 4 aromatic carbocycles. The molecule has 0 aliphatic heterocycles. The second-order valence-electron chi connectivity index (χ2n) is 8.28. The van der Waals surface area contributed by atoms with Crippen molar-refractivity contribution in [3.8, 4) is 0 Å². The van der Waals surface area contributed by atoms with E-state index in [4.69, 9.17) is 11.6 Å². The van der Waals surface area contributed by atoms with E-state index in [1.54, 1.807) is 12.1 Å². The first kappa shape index (κ1) is 24.5. The van der Waals surface area contributed by atoms with E-state index in [1.165, 1.54) is 18.2 Å². The van der Waals surface area contributed by atoms with E-state index < -0.39 is 22.0 Å². The maximum absolute atomic E-state index is 13.3. The van der Waals surface area contributed by atoms with Crippen molar-refractivity contribution in [2.24, 2.45) is 0 Å². The molecule has 4 aromatic rings. The fourth-order valence-electron chi connectivity index (χ4n) is 3.73. The van der Waals surface area contributed by atoms with Crippen LogP contribution in [0.5, 0.6) is 0 Å². The number of halogens is 1. The quantitative estimate of drug-likeness (QED) is 0.311. The molecule has 0 atom stereocenters. The van der Waals surface area contributed by atoms with E-state index in [-0.39, 0.29) is 15.5 Å². The van der Waals surface area contributed by atoms with Crippen molar-refractivity contribution in [1.82, 2.24) is 5.32 Å². The average molecular weight is 505 g/mol. The van der Waals surface area contributed by atoms with Gasteiger partial charge in [-0.05, 0) is 66.4 Å². The Kier molecular flexibility index (Phi) is 7.24. The largest absolute Gasteiger partial charge is 0.341 e. The molecule has 0 unspecified atom stereocenters. The van der Waals surface area contributed by atoms with Gasteiger partial charge in [0.1, 0.15) is 4.90 Å². The predicted octanol–water partition coefficient (Wildman–Crippen LogP) is 6.28. The molecule has 0 saturated heterocycles. The summed E-state index contributed by atoms with van der Waals surface area (Å²) in [5.41, 5.74) is 4.43. The number of sulfonamides is 1. The summed E-state index contributed by atoms with van der Waals surface area (Å²) in [6, 6.07) is 28.3. The number of rotatable bonds is 7. The molecule has 0 spiro atoms. The van der Waals surface area contributed by atoms with Crippen LogP contribution in [0, 0.1) is 13.8 Å². The van der Waals surface area contributed by atoms with Gasteiger partial charge in [0.2, 0.25) is 0 Å². The summed E-state index contributed by atoms with van der Waals surface area (Å²) in [4.78, 5) is 13.1. The van der Waals surface area contributed by atoms with E-state index >= 15 is 0 Å². The van der Waals surface area contributed by atoms with Gasteiger partial charge in [0.15, 0.2) is 0 Å². The van der Waals surface area contributed by atoms with Crippen molar-refractivity contribution >= 4 is 33.2 Å². The third-order valence-corrected chi connectivity index (χ3v) is 7.65. The molecule has 4 rings (SSSR count). The highest BCUT2D eigenvalue weighted by Crippen LogP contribution is 2.27. The van der Waals surface area contributed by atoms with Crippen LogP contribution in [0.2, 0.25) is 5.02 Å². The molecule has 0 radical (unpaired) electrons. The lowest BCUT2D eigenvalue weighted by molar-refractivity contribution is 0.0942. The lowest BCUT2D eigenvalue weighted by Crippen LogP contribution is -2.29. The van der Waals surface area contributed by atoms with Crippen LogP contribution < -0.4 is 10.0 Å². The number of hydrogen-bond donors (Lipinski definition) is 2. The molecule has 2 N–H and O–H groups in total. The van der Waals surface area contributed by atoms with Gasteiger partial charge in [0, 0.05) is 11.3 Å². The van der Waals surface area contributed by atoms with Crippen LogP contribution in [0.25, 0.3) is 0 Å². The first-order valence-electron chi connectivity index (χ1n) is 11.0. The normalized spacial score (nSPS) is 11.3. The van der Waals surface area contributed by atoms with Gasteiger partial charge < -0.3 is 5.32 Å². The Morgan fingerprint density at radius 2 is 1.37 bits per heavy atom. The van der Waals surface area contributed by atoms with Crippen LogP contribution in [-0.2, 0) is 10.0 Å². The predicted molar refractivity (Wildman–Crippen MR) is 140 cm³/mol. The fourth-order valence-corrected chi connectivity index (χ4v) is 5.31. The van der Waals surface area contributed by atoms with Crippen molar-refractivity contribution in [1.29, 1.82) is 0 Å². The van der Waals surface area contributed by atoms with Gasteiger partial charge in [-0.15, -0.1) is 0 Å². The monoisotopic (exact) mass is 504 g/mol. The van der Waals surface area contributed by atoms with E-state index in [2.05, 4.69) is 10.0 Å². The Hall–Kier alpha value is -3.61. The summed E-state index contributed by atoms with van der Waals surface area (Å²) in [7, 11) is -4.02. The van der Waals surface area contributed by atoms with Crippen LogP contribution >= 0.6 is 11.6 Å². The summed E-state index contributed by atoms with van der Waals surface area (Å²) in [6.07, 6.45) is 0. The summed E-state index contributed by atoms with van der Waals surface area (Å²) in [5.74, 6) is -0.415. The molecule has 0 heterocycles. The van der Waals surface area contributed by atoms with Gasteiger partial charge in [-0.1, -0.05) is 78.3 Å². The van der Waals surface area contributed by atoms with Crippen LogP contribution in [0.4, 0.5) is 5.69 Å². The van der Waals surface area contributed by atoms with Gasteiger partial charge in [-0.25, -0.2) is 8.42 Å². The van der Waals surface area contributed by atoms with E-state index in [9.17, 15) is 13.2 Å². The molecule has 0 bridgehead atoms. The Balaban J connectivity index is 1.64. The topological polar surface area (TPSA) is 75.3 Å². The van der Waals surface area contributed by atoms with Crippen LogP contribution in [0.1, 0.15) is 38.7 Å². The maximum atomic E-state index is 13.3. The van der Waals surface area contributed by atoms with Crippen molar-refractivity contribution in [3.05, 3.63) is 130 Å². The third kappa shape index (κ3) is 5.73. The van der Waals surface area contributed by atoms with Crippen molar-refractivity contribution in [2.75, 3.05) is 4.72 Å². The lowest BCUT2D eigenvalue weighted by atomic mass is 9.98. The molecule has 0 aliphatic carbocycles. The van der Waals surface area contributed by atoms with Crippen LogP contribution in [0.3, 0.4) is 0 Å². The number of carbonyl (C=O) groups is 1. The Labute approximate surface area is 210 Å². The first-order chi connectivity index (χ1) is 16.7. The minimum Gasteiger partial charge on any atom is -0.341 e. The summed E-state index contributed by atoms with van der Waals surface area (Å²) < 4.78 is 28.8. The number of nitrogens with one attached hydrogen (secondary N) is 2. The number of hydrogen-bond acceptors (Lipinski definition) is 3. The molecule has 0 aromatic heterocycles. The van der Waals surface area contributed by atoms with Crippen molar-refractivity contribution in [2.45, 2.75) is 24.8 Å². The van der Waals surface area contributed by atoms with Gasteiger partial charge in [0.25, 0.3) is 15.9 Å². The summed E-state index contributed by atoms with van der Waals surface area (Å²) >= 11 is 6.25. The average Bonchev–Trinajstić information content (AvgIpc) is 2.85. The second-order valence-corrected chi connectivity index (χ2v) is 10.3. The van der Waals surface area contributed by atoms with E-state index in [0.717, 1.165) is 22.3 Å². The van der Waals surface area contributed by atoms with Crippen LogP contribution in [-0.4, -0.2) is 14.3 Å². The molecule has 35 heavy (non-hydrogen) atoms. The summed E-state index contributed by atoms with van der Waals surface area (Å²) in [6.45, 7) is 3.85. The molecular weight excluding hydrogens is 480 g/mol. The smallest absolute Gasteiger partial charge is 0.263 e. The fraction of sp³-hybridized carbons (Fsp3) is 0.107. The Morgan fingerprint density at radius 1 is 0.771 bits per heavy atom. The zero-order valence-electron chi connectivity index (χ0n) is 19.3. The highest BCUT2D eigenvalue weighted by molar-refractivity contribution is 7.92. The van der Waals surface area contributed by atoms with Gasteiger partial charge in [-0.2, -0.15) is 0 Å². The van der Waals surface area contributed by atoms with Gasteiger partial charge >= 0.3 is 0 Å². The standard InChI is InChI=1S/C28H25ClN2O3S/c1-19-13-15-24(17-20(19)2)31-35(33,34)26-18-23(14-16-25(26)29)28(32)30-27(21-9-5-3-6-10-21)22-11-7-4-8-12-22/h3-18,27,31H,1-2H3,(H,30,32). The zero-order valence-corrected chi connectivity index (χ0v) is 20.9. The Bertz CT molecular complexity index is 1420. The number of amides is 1. The maximum Gasteiger partial charge on any atom is 0.263 e. The second kappa shape index (κ2) is 10.3. The number of benzene rings is 4. The van der Waals surface area contributed by atoms with Crippen molar-refractivity contribution < 1.29 is 13.2 Å². The highest BCUT2D eigenvalue weighted by atomic mass is 35.5. The first-order valence-corrected chi connectivity index (χ1v) is 12.9. The SMILES string of the molecule is Cc1ccc(NS(=O)(=O)c2cc(C(=O)NC(c3ccccc3)c3ccccc3)ccc2Cl)cc1C. The molecule has 1 amide bonds. The third-order valence-electron chi connectivity index (χ3n) is 5.78. The van der Waals surface area contributed by atoms with E-state index in [0.29, 0.717) is 5.69 Å². The number of aryl methyl sites for hydroxylation is 2. The Morgan fingerprint density at radius 3 is 1.94 bits per heavy atom. The molecule has 7 heteroatoms. The highest BCUT2D eigenvalue weighted by Gasteiger charge is 2.23. The summed E-state index contributed by atoms with van der Waals surface area (Å²) in [5, 5.41) is 3.06. The number of carbonyl (C=O) groups excluding carboxylic acids is 1. The molecule has 0 aliphatic rings. The molecule has 178 valence electrons. The molecule has 0 saturated carbocycles. The molecule has 0 fully saturated rings. The number of anilines is 1. The lowest BCUT2D eigenvalue weighted by Gasteiger charge is -2.20. The van der Waals surface area contributed by atoms with Crippen molar-refractivity contribution in [3.63, 3.8) is 0 Å². The van der Waals surface area contributed by atoms with Gasteiger partial charge in [0.05, 0.1) is 11.1 Å². The van der Waals surface area contributed by atoms with Crippen LogP contribution in [0.15, 0.2) is 102 Å².